The third-order valence-corrected chi connectivity index (χ3v) is 5.82. The maximum atomic E-state index is 13.4. The Kier molecular flexibility index (Phi) is 4.97. The number of hydrogen-bond donors (Lipinski definition) is 2. The van der Waals surface area contributed by atoms with Gasteiger partial charge in [0.15, 0.2) is 0 Å². The van der Waals surface area contributed by atoms with Crippen LogP contribution in [0.5, 0.6) is 0 Å². The smallest absolute Gasteiger partial charge is 0.378 e. The zero-order chi connectivity index (χ0) is 20.1. The maximum Gasteiger partial charge on any atom is 0.418 e. The van der Waals surface area contributed by atoms with E-state index < -0.39 is 18.0 Å². The molecule has 0 amide bonds. The Morgan fingerprint density at radius 2 is 1.93 bits per heavy atom. The molecule has 2 aromatic rings. The molecule has 3 atom stereocenters. The van der Waals surface area contributed by atoms with Crippen LogP contribution in [-0.4, -0.2) is 53.4 Å². The minimum absolute atomic E-state index is 0.0188. The second-order valence-electron chi connectivity index (χ2n) is 8.16. The SMILES string of the molecule is CC1CC(C(O)N2CC(N)C2)CN(c2ccc(C(F)(F)F)c3ncccc23)C1. The number of halogens is 3. The molecule has 0 radical (unpaired) electrons. The van der Waals surface area contributed by atoms with E-state index in [1.165, 1.54) is 12.3 Å². The lowest BCUT2D eigenvalue weighted by atomic mass is 9.87. The lowest BCUT2D eigenvalue weighted by Crippen LogP contribution is -2.62. The van der Waals surface area contributed by atoms with Gasteiger partial charge in [-0.3, -0.25) is 9.88 Å². The van der Waals surface area contributed by atoms with Crippen LogP contribution in [0.25, 0.3) is 10.9 Å². The molecule has 4 rings (SSSR count). The molecule has 3 N–H and O–H groups in total. The molecule has 8 heteroatoms. The predicted octanol–water partition coefficient (Wildman–Crippen LogP) is 2.68. The highest BCUT2D eigenvalue weighted by molar-refractivity contribution is 5.94. The lowest BCUT2D eigenvalue weighted by molar-refractivity contribution is -0.136. The van der Waals surface area contributed by atoms with Crippen LogP contribution in [0.4, 0.5) is 18.9 Å². The largest absolute Gasteiger partial charge is 0.418 e. The summed E-state index contributed by atoms with van der Waals surface area (Å²) in [7, 11) is 0. The Morgan fingerprint density at radius 3 is 2.61 bits per heavy atom. The summed E-state index contributed by atoms with van der Waals surface area (Å²) in [4.78, 5) is 8.08. The zero-order valence-corrected chi connectivity index (χ0v) is 15.7. The first-order valence-electron chi connectivity index (χ1n) is 9.61. The van der Waals surface area contributed by atoms with Gasteiger partial charge >= 0.3 is 6.18 Å². The van der Waals surface area contributed by atoms with E-state index in [1.807, 2.05) is 4.90 Å². The summed E-state index contributed by atoms with van der Waals surface area (Å²) in [5.74, 6) is 0.336. The number of piperidine rings is 1. The van der Waals surface area contributed by atoms with Gasteiger partial charge in [0, 0.05) is 55.4 Å². The van der Waals surface area contributed by atoms with Crippen molar-refractivity contribution in [3.05, 3.63) is 36.0 Å². The van der Waals surface area contributed by atoms with Gasteiger partial charge < -0.3 is 15.7 Å². The minimum Gasteiger partial charge on any atom is -0.378 e. The van der Waals surface area contributed by atoms with Crippen LogP contribution in [0, 0.1) is 11.8 Å². The summed E-state index contributed by atoms with van der Waals surface area (Å²) in [6.45, 7) is 4.79. The average Bonchev–Trinajstić information content (AvgIpc) is 2.62. The van der Waals surface area contributed by atoms with E-state index in [0.29, 0.717) is 30.9 Å². The van der Waals surface area contributed by atoms with Gasteiger partial charge in [-0.25, -0.2) is 0 Å². The Labute approximate surface area is 161 Å². The maximum absolute atomic E-state index is 13.4. The first-order valence-corrected chi connectivity index (χ1v) is 9.61. The molecule has 5 nitrogen and oxygen atoms in total. The van der Waals surface area contributed by atoms with Crippen molar-refractivity contribution < 1.29 is 18.3 Å². The number of likely N-dealkylation sites (tertiary alicyclic amines) is 1. The highest BCUT2D eigenvalue weighted by Crippen LogP contribution is 2.39. The third kappa shape index (κ3) is 3.56. The van der Waals surface area contributed by atoms with Crippen LogP contribution in [0.15, 0.2) is 30.5 Å². The number of rotatable bonds is 3. The Hall–Kier alpha value is -1.90. The molecule has 3 heterocycles. The molecule has 0 aliphatic carbocycles. The summed E-state index contributed by atoms with van der Waals surface area (Å²) in [5, 5.41) is 11.2. The molecule has 152 valence electrons. The summed E-state index contributed by atoms with van der Waals surface area (Å²) < 4.78 is 40.2. The Morgan fingerprint density at radius 1 is 1.18 bits per heavy atom. The predicted molar refractivity (Wildman–Crippen MR) is 102 cm³/mol. The molecule has 2 saturated heterocycles. The standard InChI is InChI=1S/C20H25F3N4O/c1-12-7-13(19(28)27-10-14(24)11-27)9-26(8-12)17-5-4-16(20(21,22)23)18-15(17)3-2-6-25-18/h2-6,12-14,19,28H,7-11,24H2,1H3. The van der Waals surface area contributed by atoms with E-state index in [0.717, 1.165) is 24.7 Å². The van der Waals surface area contributed by atoms with Crippen molar-refractivity contribution in [2.24, 2.45) is 17.6 Å². The Balaban J connectivity index is 1.65. The van der Waals surface area contributed by atoms with Crippen LogP contribution >= 0.6 is 0 Å². The number of aliphatic hydroxyl groups is 1. The van der Waals surface area contributed by atoms with Gasteiger partial charge in [-0.2, -0.15) is 13.2 Å². The summed E-state index contributed by atoms with van der Waals surface area (Å²) in [6, 6.07) is 6.10. The number of pyridine rings is 1. The van der Waals surface area contributed by atoms with Crippen LogP contribution in [0.2, 0.25) is 0 Å². The molecular formula is C20H25F3N4O. The fourth-order valence-corrected chi connectivity index (χ4v) is 4.54. The highest BCUT2D eigenvalue weighted by Gasteiger charge is 2.38. The number of hydrogen-bond acceptors (Lipinski definition) is 5. The number of benzene rings is 1. The van der Waals surface area contributed by atoms with Crippen molar-refractivity contribution in [1.29, 1.82) is 0 Å². The monoisotopic (exact) mass is 394 g/mol. The molecule has 1 aromatic heterocycles. The number of anilines is 1. The molecule has 2 aliphatic rings. The molecule has 0 spiro atoms. The van der Waals surface area contributed by atoms with Crippen molar-refractivity contribution in [1.82, 2.24) is 9.88 Å². The van der Waals surface area contributed by atoms with Gasteiger partial charge in [-0.05, 0) is 36.6 Å². The average molecular weight is 394 g/mol. The number of aromatic nitrogens is 1. The van der Waals surface area contributed by atoms with Crippen LogP contribution < -0.4 is 10.6 Å². The minimum atomic E-state index is -4.45. The molecular weight excluding hydrogens is 369 g/mol. The number of fused-ring (bicyclic) bond motifs is 1. The van der Waals surface area contributed by atoms with Gasteiger partial charge in [0.05, 0.1) is 11.1 Å². The normalized spacial score (nSPS) is 25.7. The topological polar surface area (TPSA) is 65.6 Å². The van der Waals surface area contributed by atoms with E-state index in [-0.39, 0.29) is 17.5 Å². The van der Waals surface area contributed by atoms with E-state index >= 15 is 0 Å². The van der Waals surface area contributed by atoms with E-state index in [1.54, 1.807) is 12.1 Å². The lowest BCUT2D eigenvalue weighted by Gasteiger charge is -2.47. The number of alkyl halides is 3. The molecule has 3 unspecified atom stereocenters. The van der Waals surface area contributed by atoms with Gasteiger partial charge in [0.2, 0.25) is 0 Å². The van der Waals surface area contributed by atoms with Crippen molar-refractivity contribution in [3.8, 4) is 0 Å². The summed E-state index contributed by atoms with van der Waals surface area (Å²) in [5.41, 5.74) is 5.82. The van der Waals surface area contributed by atoms with E-state index in [4.69, 9.17) is 5.73 Å². The van der Waals surface area contributed by atoms with E-state index in [9.17, 15) is 18.3 Å². The van der Waals surface area contributed by atoms with Crippen molar-refractivity contribution in [2.45, 2.75) is 31.8 Å². The van der Waals surface area contributed by atoms with Crippen LogP contribution in [-0.2, 0) is 6.18 Å². The number of nitrogens with two attached hydrogens (primary N) is 1. The molecule has 2 fully saturated rings. The fourth-order valence-electron chi connectivity index (χ4n) is 4.54. The fraction of sp³-hybridized carbons (Fsp3) is 0.550. The van der Waals surface area contributed by atoms with Gasteiger partial charge in [0.25, 0.3) is 0 Å². The quantitative estimate of drug-likeness (QED) is 0.838. The van der Waals surface area contributed by atoms with Crippen LogP contribution in [0.1, 0.15) is 18.9 Å². The molecule has 0 saturated carbocycles. The number of nitrogens with zero attached hydrogens (tertiary/aromatic N) is 3. The molecule has 0 bridgehead atoms. The van der Waals surface area contributed by atoms with Crippen LogP contribution in [0.3, 0.4) is 0 Å². The second-order valence-corrected chi connectivity index (χ2v) is 8.16. The van der Waals surface area contributed by atoms with Crippen molar-refractivity contribution in [3.63, 3.8) is 0 Å². The first kappa shape index (κ1) is 19.4. The van der Waals surface area contributed by atoms with Crippen molar-refractivity contribution in [2.75, 3.05) is 31.1 Å². The van der Waals surface area contributed by atoms with Crippen molar-refractivity contribution >= 4 is 16.6 Å². The van der Waals surface area contributed by atoms with Gasteiger partial charge in [-0.15, -0.1) is 0 Å². The molecule has 1 aromatic carbocycles. The zero-order valence-electron chi connectivity index (χ0n) is 15.7. The molecule has 28 heavy (non-hydrogen) atoms. The summed E-state index contributed by atoms with van der Waals surface area (Å²) in [6.07, 6.45) is -2.76. The van der Waals surface area contributed by atoms with E-state index in [2.05, 4.69) is 16.8 Å². The highest BCUT2D eigenvalue weighted by atomic mass is 19.4. The third-order valence-electron chi connectivity index (χ3n) is 5.82. The van der Waals surface area contributed by atoms with Gasteiger partial charge in [0.1, 0.15) is 6.23 Å². The molecule has 2 aliphatic heterocycles. The second kappa shape index (κ2) is 7.17. The first-order chi connectivity index (χ1) is 13.2. The number of aliphatic hydroxyl groups excluding tert-OH is 1. The van der Waals surface area contributed by atoms with Gasteiger partial charge in [-0.1, -0.05) is 6.92 Å². The Bertz CT molecular complexity index is 853. The summed E-state index contributed by atoms with van der Waals surface area (Å²) >= 11 is 0.